The Labute approximate surface area is 112 Å². The van der Waals surface area contributed by atoms with Crippen molar-refractivity contribution in [3.05, 3.63) is 11.4 Å². The third-order valence-corrected chi connectivity index (χ3v) is 4.42. The first-order valence-corrected chi connectivity index (χ1v) is 7.83. The summed E-state index contributed by atoms with van der Waals surface area (Å²) in [6.45, 7) is 3.24. The molecule has 0 spiro atoms. The molecule has 0 aromatic carbocycles. The first-order valence-electron chi connectivity index (χ1n) is 6.01. The number of nitrogens with zero attached hydrogens (tertiary/aromatic N) is 2. The number of sulfone groups is 1. The molecule has 0 unspecified atom stereocenters. The van der Waals surface area contributed by atoms with Gasteiger partial charge in [-0.25, -0.2) is 13.2 Å². The molecule has 1 aromatic rings. The summed E-state index contributed by atoms with van der Waals surface area (Å²) in [6, 6.07) is 0. The molecular weight excluding hydrogens is 270 g/mol. The van der Waals surface area contributed by atoms with Crippen LogP contribution >= 0.6 is 0 Å². The number of hydrogen-bond donors (Lipinski definition) is 1. The maximum Gasteiger partial charge on any atom is 0.358 e. The number of nitrogens with two attached hydrogens (primary N) is 1. The number of carbonyl (C=O) groups is 1. The summed E-state index contributed by atoms with van der Waals surface area (Å²) in [7, 11) is -1.56. The SMILES string of the molecule is CCc1nn(C)c(C(=O)OCCS(=O)(=O)CC)c1N. The Morgan fingerprint density at radius 1 is 1.42 bits per heavy atom. The van der Waals surface area contributed by atoms with Gasteiger partial charge in [0.05, 0.1) is 17.1 Å². The molecule has 7 nitrogen and oxygen atoms in total. The van der Waals surface area contributed by atoms with E-state index in [1.165, 1.54) is 4.68 Å². The molecule has 1 heterocycles. The lowest BCUT2D eigenvalue weighted by atomic mass is 10.2. The van der Waals surface area contributed by atoms with Gasteiger partial charge in [0.15, 0.2) is 15.5 Å². The Kier molecular flexibility index (Phi) is 4.93. The molecule has 1 rings (SSSR count). The molecule has 2 N–H and O–H groups in total. The Morgan fingerprint density at radius 2 is 2.05 bits per heavy atom. The van der Waals surface area contributed by atoms with E-state index >= 15 is 0 Å². The number of aryl methyl sites for hydroxylation is 2. The first kappa shape index (κ1) is 15.5. The smallest absolute Gasteiger partial charge is 0.358 e. The molecular formula is C11H19N3O4S. The molecule has 0 atom stereocenters. The van der Waals surface area contributed by atoms with Crippen molar-refractivity contribution in [2.75, 3.05) is 23.8 Å². The number of nitrogen functional groups attached to an aromatic ring is 1. The molecule has 0 saturated carbocycles. The topological polar surface area (TPSA) is 104 Å². The molecule has 8 heteroatoms. The van der Waals surface area contributed by atoms with Crippen LogP contribution in [0, 0.1) is 0 Å². The van der Waals surface area contributed by atoms with Gasteiger partial charge in [0.25, 0.3) is 0 Å². The lowest BCUT2D eigenvalue weighted by Crippen LogP contribution is -2.19. The zero-order valence-corrected chi connectivity index (χ0v) is 12.2. The van der Waals surface area contributed by atoms with Crippen LogP contribution in [-0.2, 0) is 28.0 Å². The number of rotatable bonds is 6. The molecule has 0 fully saturated rings. The van der Waals surface area contributed by atoms with E-state index in [0.717, 1.165) is 0 Å². The van der Waals surface area contributed by atoms with E-state index < -0.39 is 15.8 Å². The second-order valence-electron chi connectivity index (χ2n) is 4.06. The van der Waals surface area contributed by atoms with Gasteiger partial charge < -0.3 is 10.5 Å². The van der Waals surface area contributed by atoms with Gasteiger partial charge in [-0.1, -0.05) is 13.8 Å². The third-order valence-electron chi connectivity index (χ3n) is 2.76. The van der Waals surface area contributed by atoms with Gasteiger partial charge in [0.1, 0.15) is 6.61 Å². The second kappa shape index (κ2) is 6.05. The Bertz CT molecular complexity index is 563. The number of hydrogen-bond acceptors (Lipinski definition) is 6. The van der Waals surface area contributed by atoms with Crippen LogP contribution in [0.1, 0.15) is 30.0 Å². The summed E-state index contributed by atoms with van der Waals surface area (Å²) in [5.74, 6) is -0.815. The largest absolute Gasteiger partial charge is 0.460 e. The maximum atomic E-state index is 11.8. The normalized spacial score (nSPS) is 11.5. The minimum absolute atomic E-state index is 0.0262. The number of aromatic nitrogens is 2. The highest BCUT2D eigenvalue weighted by Crippen LogP contribution is 2.17. The molecule has 0 radical (unpaired) electrons. The highest BCUT2D eigenvalue weighted by molar-refractivity contribution is 7.91. The highest BCUT2D eigenvalue weighted by atomic mass is 32.2. The van der Waals surface area contributed by atoms with Gasteiger partial charge in [-0.05, 0) is 6.42 Å². The number of esters is 1. The standard InChI is InChI=1S/C11H19N3O4S/c1-4-8-9(12)10(14(3)13-8)11(15)18-6-7-19(16,17)5-2/h4-7,12H2,1-3H3. The monoisotopic (exact) mass is 289 g/mol. The summed E-state index contributed by atoms with van der Waals surface area (Å²) in [6.07, 6.45) is 0.608. The molecule has 0 aliphatic heterocycles. The van der Waals surface area contributed by atoms with Crippen molar-refractivity contribution in [2.24, 2.45) is 7.05 Å². The predicted octanol–water partition coefficient (Wildman–Crippen LogP) is 0.156. The zero-order valence-electron chi connectivity index (χ0n) is 11.3. The van der Waals surface area contributed by atoms with E-state index in [2.05, 4.69) is 5.10 Å². The van der Waals surface area contributed by atoms with Crippen LogP contribution in [-0.4, -0.2) is 42.3 Å². The number of carbonyl (C=O) groups excluding carboxylic acids is 1. The fraction of sp³-hybridized carbons (Fsp3) is 0.636. The summed E-state index contributed by atoms with van der Waals surface area (Å²) in [4.78, 5) is 11.8. The highest BCUT2D eigenvalue weighted by Gasteiger charge is 2.21. The minimum Gasteiger partial charge on any atom is -0.460 e. The van der Waals surface area contributed by atoms with Crippen molar-refractivity contribution in [1.29, 1.82) is 0 Å². The van der Waals surface area contributed by atoms with Crippen molar-refractivity contribution in [1.82, 2.24) is 9.78 Å². The Hall–Kier alpha value is -1.57. The Morgan fingerprint density at radius 3 is 2.53 bits per heavy atom. The lowest BCUT2D eigenvalue weighted by Gasteiger charge is -2.05. The van der Waals surface area contributed by atoms with E-state index in [-0.39, 0.29) is 29.5 Å². The summed E-state index contributed by atoms with van der Waals surface area (Å²) >= 11 is 0. The van der Waals surface area contributed by atoms with Crippen molar-refractivity contribution < 1.29 is 17.9 Å². The lowest BCUT2D eigenvalue weighted by molar-refractivity contribution is 0.0518. The number of anilines is 1. The van der Waals surface area contributed by atoms with Crippen molar-refractivity contribution >= 4 is 21.5 Å². The van der Waals surface area contributed by atoms with Crippen molar-refractivity contribution in [3.63, 3.8) is 0 Å². The van der Waals surface area contributed by atoms with Crippen LogP contribution in [0.15, 0.2) is 0 Å². The summed E-state index contributed by atoms with van der Waals surface area (Å²) < 4.78 is 28.8. The van der Waals surface area contributed by atoms with Gasteiger partial charge in [-0.3, -0.25) is 4.68 Å². The van der Waals surface area contributed by atoms with Crippen molar-refractivity contribution in [3.8, 4) is 0 Å². The van der Waals surface area contributed by atoms with Crippen LogP contribution in [0.2, 0.25) is 0 Å². The van der Waals surface area contributed by atoms with Gasteiger partial charge in [-0.15, -0.1) is 0 Å². The van der Waals surface area contributed by atoms with E-state index in [4.69, 9.17) is 10.5 Å². The second-order valence-corrected chi connectivity index (χ2v) is 6.53. The molecule has 0 saturated heterocycles. The summed E-state index contributed by atoms with van der Waals surface area (Å²) in [5.41, 5.74) is 6.86. The van der Waals surface area contributed by atoms with Crippen molar-refractivity contribution in [2.45, 2.75) is 20.3 Å². The average molecular weight is 289 g/mol. The van der Waals surface area contributed by atoms with Gasteiger partial charge in [0, 0.05) is 12.8 Å². The van der Waals surface area contributed by atoms with Crippen LogP contribution in [0.4, 0.5) is 5.69 Å². The molecule has 108 valence electrons. The minimum atomic E-state index is -3.15. The van der Waals surface area contributed by atoms with Gasteiger partial charge >= 0.3 is 5.97 Å². The van der Waals surface area contributed by atoms with Crippen LogP contribution < -0.4 is 5.73 Å². The Balaban J connectivity index is 2.72. The van der Waals surface area contributed by atoms with Gasteiger partial charge in [0.2, 0.25) is 0 Å². The van der Waals surface area contributed by atoms with Gasteiger partial charge in [-0.2, -0.15) is 5.10 Å². The van der Waals surface area contributed by atoms with E-state index in [9.17, 15) is 13.2 Å². The molecule has 0 aliphatic carbocycles. The fourth-order valence-corrected chi connectivity index (χ4v) is 2.20. The zero-order chi connectivity index (χ0) is 14.6. The molecule has 19 heavy (non-hydrogen) atoms. The van der Waals surface area contributed by atoms with E-state index in [1.807, 2.05) is 6.92 Å². The molecule has 0 bridgehead atoms. The molecule has 1 aromatic heterocycles. The molecule has 0 aliphatic rings. The fourth-order valence-electron chi connectivity index (χ4n) is 1.57. The number of ether oxygens (including phenoxy) is 1. The van der Waals surface area contributed by atoms with Crippen LogP contribution in [0.5, 0.6) is 0 Å². The quantitative estimate of drug-likeness (QED) is 0.748. The van der Waals surface area contributed by atoms with Crippen LogP contribution in [0.3, 0.4) is 0 Å². The van der Waals surface area contributed by atoms with E-state index in [1.54, 1.807) is 14.0 Å². The maximum absolute atomic E-state index is 11.8. The average Bonchev–Trinajstić information content (AvgIpc) is 2.64. The summed E-state index contributed by atoms with van der Waals surface area (Å²) in [5, 5.41) is 4.10. The molecule has 0 amide bonds. The predicted molar refractivity (Wildman–Crippen MR) is 71.6 cm³/mol. The third kappa shape index (κ3) is 3.69. The first-order chi connectivity index (χ1) is 8.82. The van der Waals surface area contributed by atoms with Crippen LogP contribution in [0.25, 0.3) is 0 Å². The van der Waals surface area contributed by atoms with E-state index in [0.29, 0.717) is 12.1 Å².